The van der Waals surface area contributed by atoms with E-state index in [1.165, 1.54) is 16.2 Å². The van der Waals surface area contributed by atoms with Crippen LogP contribution in [0.2, 0.25) is 5.02 Å². The molecule has 6 heteroatoms. The minimum Gasteiger partial charge on any atom is -0.352 e. The Bertz CT molecular complexity index is 898. The molecule has 0 spiro atoms. The smallest absolute Gasteiger partial charge is 0.257 e. The number of fused-ring (bicyclic) bond motifs is 1. The van der Waals surface area contributed by atoms with Crippen LogP contribution in [0.3, 0.4) is 0 Å². The average molecular weight is 419 g/mol. The van der Waals surface area contributed by atoms with Crippen molar-refractivity contribution in [1.29, 1.82) is 0 Å². The van der Waals surface area contributed by atoms with Crippen LogP contribution < -0.4 is 10.6 Å². The van der Waals surface area contributed by atoms with Crippen LogP contribution in [0.15, 0.2) is 24.3 Å². The van der Waals surface area contributed by atoms with E-state index >= 15 is 0 Å². The summed E-state index contributed by atoms with van der Waals surface area (Å²) in [5.41, 5.74) is 2.33. The van der Waals surface area contributed by atoms with Crippen molar-refractivity contribution < 1.29 is 9.59 Å². The van der Waals surface area contributed by atoms with Crippen LogP contribution in [0, 0.1) is 11.3 Å². The van der Waals surface area contributed by atoms with Crippen LogP contribution in [0.5, 0.6) is 0 Å². The van der Waals surface area contributed by atoms with Gasteiger partial charge in [0, 0.05) is 11.4 Å². The monoisotopic (exact) mass is 418 g/mol. The zero-order valence-electron chi connectivity index (χ0n) is 16.8. The Labute approximate surface area is 175 Å². The summed E-state index contributed by atoms with van der Waals surface area (Å²) in [7, 11) is 0. The first-order valence-electron chi connectivity index (χ1n) is 9.71. The molecule has 0 aliphatic heterocycles. The summed E-state index contributed by atoms with van der Waals surface area (Å²) in [6.07, 6.45) is 2.86. The van der Waals surface area contributed by atoms with Crippen molar-refractivity contribution in [2.75, 3.05) is 11.9 Å². The molecule has 1 aliphatic rings. The lowest BCUT2D eigenvalue weighted by atomic mass is 9.72. The maximum atomic E-state index is 12.8. The maximum absolute atomic E-state index is 12.8. The second-order valence-electron chi connectivity index (χ2n) is 8.31. The van der Waals surface area contributed by atoms with Crippen molar-refractivity contribution in [2.24, 2.45) is 11.3 Å². The molecule has 28 heavy (non-hydrogen) atoms. The number of amides is 2. The fourth-order valence-electron chi connectivity index (χ4n) is 3.72. The number of hydrogen-bond acceptors (Lipinski definition) is 3. The van der Waals surface area contributed by atoms with Crippen LogP contribution in [0.1, 0.15) is 65.3 Å². The molecule has 3 rings (SSSR count). The predicted molar refractivity (Wildman–Crippen MR) is 117 cm³/mol. The largest absolute Gasteiger partial charge is 0.352 e. The second-order valence-corrected chi connectivity index (χ2v) is 9.82. The standard InChI is InChI=1S/C22H27ClN2O2S/c1-5-24-20(27)18-15-11-10-13(22(2,3)4)12-17(15)28-21(18)25-19(26)14-8-6-7-9-16(14)23/h6-9,13H,5,10-12H2,1-4H3,(H,24,27)(H,25,26)/t13-/m0/s1. The van der Waals surface area contributed by atoms with Crippen molar-refractivity contribution in [3.8, 4) is 0 Å². The number of carbonyl (C=O) groups excluding carboxylic acids is 2. The van der Waals surface area contributed by atoms with Gasteiger partial charge in [-0.3, -0.25) is 9.59 Å². The number of nitrogens with one attached hydrogen (secondary N) is 2. The van der Waals surface area contributed by atoms with E-state index in [1.807, 2.05) is 6.92 Å². The molecular weight excluding hydrogens is 392 g/mol. The third-order valence-corrected chi connectivity index (χ3v) is 6.90. The van der Waals surface area contributed by atoms with E-state index < -0.39 is 0 Å². The van der Waals surface area contributed by atoms with Gasteiger partial charge in [0.15, 0.2) is 0 Å². The Morgan fingerprint density at radius 2 is 1.93 bits per heavy atom. The minimum atomic E-state index is -0.290. The van der Waals surface area contributed by atoms with E-state index in [2.05, 4.69) is 31.4 Å². The lowest BCUT2D eigenvalue weighted by Gasteiger charge is -2.33. The topological polar surface area (TPSA) is 58.2 Å². The van der Waals surface area contributed by atoms with Gasteiger partial charge in [0.25, 0.3) is 11.8 Å². The number of hydrogen-bond donors (Lipinski definition) is 2. The number of benzene rings is 1. The van der Waals surface area contributed by atoms with Crippen LogP contribution >= 0.6 is 22.9 Å². The lowest BCUT2D eigenvalue weighted by Crippen LogP contribution is -2.28. The highest BCUT2D eigenvalue weighted by Gasteiger charge is 2.34. The fourth-order valence-corrected chi connectivity index (χ4v) is 5.26. The highest BCUT2D eigenvalue weighted by Crippen LogP contribution is 2.44. The Morgan fingerprint density at radius 1 is 1.21 bits per heavy atom. The summed E-state index contributed by atoms with van der Waals surface area (Å²) in [5.74, 6) is 0.152. The van der Waals surface area contributed by atoms with Crippen LogP contribution in [-0.2, 0) is 12.8 Å². The molecule has 0 bridgehead atoms. The number of anilines is 1. The van der Waals surface area contributed by atoms with E-state index in [1.54, 1.807) is 24.3 Å². The first kappa shape index (κ1) is 20.9. The van der Waals surface area contributed by atoms with Crippen LogP contribution in [0.25, 0.3) is 0 Å². The molecule has 1 heterocycles. The van der Waals surface area contributed by atoms with Gasteiger partial charge in [-0.25, -0.2) is 0 Å². The van der Waals surface area contributed by atoms with Gasteiger partial charge < -0.3 is 10.6 Å². The highest BCUT2D eigenvalue weighted by molar-refractivity contribution is 7.17. The van der Waals surface area contributed by atoms with Gasteiger partial charge >= 0.3 is 0 Å². The molecule has 0 saturated carbocycles. The molecule has 0 saturated heterocycles. The summed E-state index contributed by atoms with van der Waals surface area (Å²) in [4.78, 5) is 26.8. The quantitative estimate of drug-likeness (QED) is 0.683. The Kier molecular flexibility index (Phi) is 6.15. The normalized spacial score (nSPS) is 16.4. The third kappa shape index (κ3) is 4.26. The molecule has 0 fully saturated rings. The minimum absolute atomic E-state index is 0.122. The van der Waals surface area contributed by atoms with Gasteiger partial charge in [0.05, 0.1) is 16.1 Å². The molecule has 2 aromatic rings. The van der Waals surface area contributed by atoms with Crippen molar-refractivity contribution in [2.45, 2.75) is 47.0 Å². The average Bonchev–Trinajstić information content (AvgIpc) is 2.98. The predicted octanol–water partition coefficient (Wildman–Crippen LogP) is 5.55. The maximum Gasteiger partial charge on any atom is 0.257 e. The molecule has 1 aliphatic carbocycles. The summed E-state index contributed by atoms with van der Waals surface area (Å²) < 4.78 is 0. The molecule has 0 radical (unpaired) electrons. The molecular formula is C22H27ClN2O2S. The zero-order valence-corrected chi connectivity index (χ0v) is 18.4. The van der Waals surface area contributed by atoms with E-state index in [4.69, 9.17) is 11.6 Å². The number of halogens is 1. The SMILES string of the molecule is CCNC(=O)c1c(NC(=O)c2ccccc2Cl)sc2c1CC[C@H](C(C)(C)C)C2. The van der Waals surface area contributed by atoms with Gasteiger partial charge in [-0.1, -0.05) is 44.5 Å². The first-order valence-corrected chi connectivity index (χ1v) is 10.9. The summed E-state index contributed by atoms with van der Waals surface area (Å²) in [6.45, 7) is 9.24. The highest BCUT2D eigenvalue weighted by atomic mass is 35.5. The van der Waals surface area contributed by atoms with Crippen LogP contribution in [-0.4, -0.2) is 18.4 Å². The number of rotatable bonds is 4. The number of carbonyl (C=O) groups is 2. The molecule has 0 unspecified atom stereocenters. The Hall–Kier alpha value is -1.85. The van der Waals surface area contributed by atoms with Crippen LogP contribution in [0.4, 0.5) is 5.00 Å². The molecule has 1 aromatic heterocycles. The van der Waals surface area contributed by atoms with E-state index in [0.29, 0.717) is 33.6 Å². The summed E-state index contributed by atoms with van der Waals surface area (Å²) >= 11 is 7.70. The second kappa shape index (κ2) is 8.26. The third-order valence-electron chi connectivity index (χ3n) is 5.40. The summed E-state index contributed by atoms with van der Waals surface area (Å²) in [5, 5.41) is 6.86. The van der Waals surface area contributed by atoms with Gasteiger partial charge in [-0.2, -0.15) is 0 Å². The Balaban J connectivity index is 1.96. The zero-order chi connectivity index (χ0) is 20.5. The summed E-state index contributed by atoms with van der Waals surface area (Å²) in [6, 6.07) is 6.94. The Morgan fingerprint density at radius 3 is 2.57 bits per heavy atom. The van der Waals surface area contributed by atoms with E-state index in [9.17, 15) is 9.59 Å². The van der Waals surface area contributed by atoms with E-state index in [-0.39, 0.29) is 17.2 Å². The molecule has 2 N–H and O–H groups in total. The molecule has 150 valence electrons. The van der Waals surface area contributed by atoms with Gasteiger partial charge in [-0.15, -0.1) is 11.3 Å². The van der Waals surface area contributed by atoms with Gasteiger partial charge in [0.1, 0.15) is 5.00 Å². The molecule has 1 atom stereocenters. The van der Waals surface area contributed by atoms with Crippen molar-refractivity contribution in [1.82, 2.24) is 5.32 Å². The fraction of sp³-hybridized carbons (Fsp3) is 0.455. The van der Waals surface area contributed by atoms with Crippen molar-refractivity contribution in [3.05, 3.63) is 50.9 Å². The van der Waals surface area contributed by atoms with E-state index in [0.717, 1.165) is 24.8 Å². The van der Waals surface area contributed by atoms with Gasteiger partial charge in [0.2, 0.25) is 0 Å². The van der Waals surface area contributed by atoms with Gasteiger partial charge in [-0.05, 0) is 55.2 Å². The molecule has 1 aromatic carbocycles. The first-order chi connectivity index (χ1) is 13.2. The molecule has 4 nitrogen and oxygen atoms in total. The molecule has 2 amide bonds. The lowest BCUT2D eigenvalue weighted by molar-refractivity contribution is 0.0955. The van der Waals surface area contributed by atoms with Crippen molar-refractivity contribution >= 4 is 39.8 Å². The van der Waals surface area contributed by atoms with Crippen molar-refractivity contribution in [3.63, 3.8) is 0 Å². The number of thiophene rings is 1.